The van der Waals surface area contributed by atoms with E-state index in [1.807, 2.05) is 60.7 Å². The van der Waals surface area contributed by atoms with Gasteiger partial charge in [-0.3, -0.25) is 4.79 Å². The minimum absolute atomic E-state index is 0.00574. The Morgan fingerprint density at radius 2 is 1.33 bits per heavy atom. The Balaban J connectivity index is 2.36. The lowest BCUT2D eigenvalue weighted by Crippen LogP contribution is -2.34. The van der Waals surface area contributed by atoms with E-state index in [2.05, 4.69) is 26.1 Å². The number of allylic oxidation sites excluding steroid dienone is 1. The highest BCUT2D eigenvalue weighted by molar-refractivity contribution is 6.08. The summed E-state index contributed by atoms with van der Waals surface area (Å²) < 4.78 is 0. The number of ketones is 1. The van der Waals surface area contributed by atoms with Crippen LogP contribution in [0.4, 0.5) is 0 Å². The Bertz CT molecular complexity index is 622. The fourth-order valence-electron chi connectivity index (χ4n) is 2.03. The maximum absolute atomic E-state index is 12.4. The molecule has 0 heterocycles. The van der Waals surface area contributed by atoms with Gasteiger partial charge < -0.3 is 5.32 Å². The van der Waals surface area contributed by atoms with Crippen LogP contribution in [-0.2, 0) is 0 Å². The summed E-state index contributed by atoms with van der Waals surface area (Å²) in [5.74, 6) is 0.00574. The third kappa shape index (κ3) is 4.60. The van der Waals surface area contributed by atoms with Gasteiger partial charge in [0.15, 0.2) is 5.78 Å². The molecule has 21 heavy (non-hydrogen) atoms. The Morgan fingerprint density at radius 1 is 0.857 bits per heavy atom. The van der Waals surface area contributed by atoms with Gasteiger partial charge in [0.1, 0.15) is 0 Å². The molecule has 0 saturated heterocycles. The van der Waals surface area contributed by atoms with Crippen molar-refractivity contribution in [3.05, 3.63) is 77.9 Å². The summed E-state index contributed by atoms with van der Waals surface area (Å²) in [5, 5.41) is 3.41. The van der Waals surface area contributed by atoms with Gasteiger partial charge in [-0.1, -0.05) is 60.7 Å². The monoisotopic (exact) mass is 279 g/mol. The number of carbonyl (C=O) groups excluding carboxylic acids is 1. The van der Waals surface area contributed by atoms with Crippen molar-refractivity contribution in [2.24, 2.45) is 0 Å². The summed E-state index contributed by atoms with van der Waals surface area (Å²) in [4.78, 5) is 12.4. The van der Waals surface area contributed by atoms with Gasteiger partial charge in [-0.15, -0.1) is 0 Å². The third-order valence-corrected chi connectivity index (χ3v) is 2.93. The van der Waals surface area contributed by atoms with Gasteiger partial charge in [-0.25, -0.2) is 0 Å². The summed E-state index contributed by atoms with van der Waals surface area (Å²) in [7, 11) is 0. The van der Waals surface area contributed by atoms with Crippen molar-refractivity contribution in [2.75, 3.05) is 0 Å². The van der Waals surface area contributed by atoms with E-state index in [1.54, 1.807) is 6.08 Å². The molecule has 0 bridgehead atoms. The highest BCUT2D eigenvalue weighted by atomic mass is 16.1. The van der Waals surface area contributed by atoms with Crippen LogP contribution < -0.4 is 5.32 Å². The van der Waals surface area contributed by atoms with Crippen molar-refractivity contribution in [3.63, 3.8) is 0 Å². The lowest BCUT2D eigenvalue weighted by atomic mass is 10.0. The number of hydrogen-bond acceptors (Lipinski definition) is 2. The summed E-state index contributed by atoms with van der Waals surface area (Å²) in [5.41, 5.74) is 2.44. The van der Waals surface area contributed by atoms with Gasteiger partial charge >= 0.3 is 0 Å². The van der Waals surface area contributed by atoms with E-state index >= 15 is 0 Å². The first-order valence-corrected chi connectivity index (χ1v) is 7.10. The zero-order chi connectivity index (χ0) is 15.3. The van der Waals surface area contributed by atoms with Gasteiger partial charge in [0.2, 0.25) is 0 Å². The van der Waals surface area contributed by atoms with Crippen LogP contribution >= 0.6 is 0 Å². The van der Waals surface area contributed by atoms with Crippen molar-refractivity contribution in [2.45, 2.75) is 26.3 Å². The Morgan fingerprint density at radius 3 is 1.81 bits per heavy atom. The zero-order valence-electron chi connectivity index (χ0n) is 12.8. The fraction of sp³-hybridized carbons (Fsp3) is 0.211. The first kappa shape index (κ1) is 15.0. The Kier molecular flexibility index (Phi) is 4.59. The number of hydrogen-bond donors (Lipinski definition) is 1. The molecular weight excluding hydrogens is 258 g/mol. The first-order chi connectivity index (χ1) is 9.96. The van der Waals surface area contributed by atoms with Crippen LogP contribution in [0.5, 0.6) is 0 Å². The predicted molar refractivity (Wildman–Crippen MR) is 88.1 cm³/mol. The molecule has 108 valence electrons. The normalized spacial score (nSPS) is 12.0. The second kappa shape index (κ2) is 6.40. The summed E-state index contributed by atoms with van der Waals surface area (Å²) in [6, 6.07) is 19.2. The quantitative estimate of drug-likeness (QED) is 0.668. The minimum Gasteiger partial charge on any atom is -0.380 e. The molecule has 0 unspecified atom stereocenters. The van der Waals surface area contributed by atoms with Crippen LogP contribution in [0.1, 0.15) is 36.7 Å². The smallest absolute Gasteiger partial charge is 0.187 e. The highest BCUT2D eigenvalue weighted by Gasteiger charge is 2.14. The zero-order valence-corrected chi connectivity index (χ0v) is 12.8. The number of benzene rings is 2. The van der Waals surface area contributed by atoms with Crippen molar-refractivity contribution in [1.29, 1.82) is 0 Å². The molecule has 0 aliphatic carbocycles. The van der Waals surface area contributed by atoms with E-state index in [9.17, 15) is 4.79 Å². The van der Waals surface area contributed by atoms with Gasteiger partial charge in [0.05, 0.1) is 0 Å². The standard InChI is InChI=1S/C19H21NO/c1-19(2,3)20-17(15-10-6-4-7-11-15)14-18(21)16-12-8-5-9-13-16/h4-14,20H,1-3H3/b17-14+. The van der Waals surface area contributed by atoms with Crippen molar-refractivity contribution < 1.29 is 4.79 Å². The maximum atomic E-state index is 12.4. The second-order valence-electron chi connectivity index (χ2n) is 6.03. The summed E-state index contributed by atoms with van der Waals surface area (Å²) in [6.45, 7) is 6.24. The van der Waals surface area contributed by atoms with Crippen LogP contribution in [0.3, 0.4) is 0 Å². The molecule has 0 aliphatic rings. The SMILES string of the molecule is CC(C)(C)N/C(=C/C(=O)c1ccccc1)c1ccccc1. The second-order valence-corrected chi connectivity index (χ2v) is 6.03. The molecule has 2 aromatic carbocycles. The topological polar surface area (TPSA) is 29.1 Å². The number of nitrogens with one attached hydrogen (secondary N) is 1. The highest BCUT2D eigenvalue weighted by Crippen LogP contribution is 2.16. The number of carbonyl (C=O) groups is 1. The van der Waals surface area contributed by atoms with Crippen molar-refractivity contribution in [1.82, 2.24) is 5.32 Å². The molecule has 0 aliphatic heterocycles. The number of rotatable bonds is 4. The van der Waals surface area contributed by atoms with Gasteiger partial charge in [-0.2, -0.15) is 0 Å². The molecule has 2 nitrogen and oxygen atoms in total. The lowest BCUT2D eigenvalue weighted by Gasteiger charge is -2.24. The van der Waals surface area contributed by atoms with Gasteiger partial charge in [-0.05, 0) is 26.3 Å². The van der Waals surface area contributed by atoms with Crippen LogP contribution in [0.25, 0.3) is 5.70 Å². The summed E-state index contributed by atoms with van der Waals surface area (Å²) >= 11 is 0. The largest absolute Gasteiger partial charge is 0.380 e. The molecule has 0 saturated carbocycles. The molecule has 2 aromatic rings. The fourth-order valence-corrected chi connectivity index (χ4v) is 2.03. The molecular formula is C19H21NO. The average molecular weight is 279 g/mol. The first-order valence-electron chi connectivity index (χ1n) is 7.10. The van der Waals surface area contributed by atoms with Crippen LogP contribution in [0, 0.1) is 0 Å². The molecule has 2 heteroatoms. The van der Waals surface area contributed by atoms with E-state index in [-0.39, 0.29) is 11.3 Å². The Hall–Kier alpha value is -2.35. The van der Waals surface area contributed by atoms with E-state index in [0.29, 0.717) is 5.56 Å². The molecule has 0 atom stereocenters. The molecule has 2 rings (SSSR count). The van der Waals surface area contributed by atoms with Crippen molar-refractivity contribution in [3.8, 4) is 0 Å². The van der Waals surface area contributed by atoms with Gasteiger partial charge in [0, 0.05) is 22.9 Å². The van der Waals surface area contributed by atoms with Crippen LogP contribution in [-0.4, -0.2) is 11.3 Å². The molecule has 0 radical (unpaired) electrons. The van der Waals surface area contributed by atoms with Crippen molar-refractivity contribution >= 4 is 11.5 Å². The maximum Gasteiger partial charge on any atom is 0.187 e. The lowest BCUT2D eigenvalue weighted by molar-refractivity contribution is 0.104. The summed E-state index contributed by atoms with van der Waals surface area (Å²) in [6.07, 6.45) is 1.68. The van der Waals surface area contributed by atoms with Crippen LogP contribution in [0.2, 0.25) is 0 Å². The molecule has 0 fully saturated rings. The minimum atomic E-state index is -0.112. The van der Waals surface area contributed by atoms with E-state index in [4.69, 9.17) is 0 Å². The molecule has 0 amide bonds. The Labute approximate surface area is 126 Å². The van der Waals surface area contributed by atoms with E-state index < -0.39 is 0 Å². The third-order valence-electron chi connectivity index (χ3n) is 2.93. The predicted octanol–water partition coefficient (Wildman–Crippen LogP) is 4.30. The molecule has 0 aromatic heterocycles. The molecule has 0 spiro atoms. The van der Waals surface area contributed by atoms with Gasteiger partial charge in [0.25, 0.3) is 0 Å². The van der Waals surface area contributed by atoms with E-state index in [0.717, 1.165) is 11.3 Å². The molecule has 1 N–H and O–H groups in total. The van der Waals surface area contributed by atoms with E-state index in [1.165, 1.54) is 0 Å². The van der Waals surface area contributed by atoms with Crippen LogP contribution in [0.15, 0.2) is 66.7 Å². The average Bonchev–Trinajstić information content (AvgIpc) is 2.47.